The van der Waals surface area contributed by atoms with Crippen molar-refractivity contribution in [2.75, 3.05) is 18.1 Å². The monoisotopic (exact) mass is 512 g/mol. The number of fused-ring (bicyclic) bond motifs is 1. The summed E-state index contributed by atoms with van der Waals surface area (Å²) in [6, 6.07) is 20.4. The van der Waals surface area contributed by atoms with Gasteiger partial charge in [-0.3, -0.25) is 14.5 Å². The SMILES string of the molecule is C=CCOc1cccc(C2/C(=C(\O)c3ccccc3)C(=O)C(=O)N2c2nc3ccc(OCC)cc3s2)c1. The van der Waals surface area contributed by atoms with E-state index in [0.717, 1.165) is 4.70 Å². The molecule has 2 heterocycles. The minimum absolute atomic E-state index is 0.00803. The minimum atomic E-state index is -0.903. The number of nitrogens with zero attached hydrogens (tertiary/aromatic N) is 2. The fourth-order valence-electron chi connectivity index (χ4n) is 4.28. The number of rotatable bonds is 8. The third-order valence-electron chi connectivity index (χ3n) is 5.90. The van der Waals surface area contributed by atoms with Crippen LogP contribution in [0.1, 0.15) is 24.1 Å². The molecule has 5 rings (SSSR count). The van der Waals surface area contributed by atoms with Gasteiger partial charge in [-0.05, 0) is 42.8 Å². The van der Waals surface area contributed by atoms with Crippen LogP contribution in [0.5, 0.6) is 11.5 Å². The fourth-order valence-corrected chi connectivity index (χ4v) is 5.30. The van der Waals surface area contributed by atoms with Crippen LogP contribution in [0.2, 0.25) is 0 Å². The van der Waals surface area contributed by atoms with Crippen molar-refractivity contribution in [3.63, 3.8) is 0 Å². The van der Waals surface area contributed by atoms with Gasteiger partial charge in [0.25, 0.3) is 5.78 Å². The minimum Gasteiger partial charge on any atom is -0.507 e. The fraction of sp³-hybridized carbons (Fsp3) is 0.138. The van der Waals surface area contributed by atoms with Crippen LogP contribution in [-0.4, -0.2) is 35.0 Å². The molecule has 0 saturated carbocycles. The standard InChI is InChI=1S/C29H24N2O5S/c1-3-15-36-20-12-8-11-19(16-20)25-24(26(32)18-9-6-5-7-10-18)27(33)28(34)31(25)29-30-22-14-13-21(35-4-2)17-23(22)37-29/h3,5-14,16-17,25,32H,1,4,15H2,2H3/b26-24+. The maximum Gasteiger partial charge on any atom is 0.301 e. The molecule has 1 aromatic heterocycles. The molecule has 8 heteroatoms. The van der Waals surface area contributed by atoms with Crippen molar-refractivity contribution in [1.82, 2.24) is 4.98 Å². The Morgan fingerprint density at radius 1 is 1.05 bits per heavy atom. The van der Waals surface area contributed by atoms with E-state index in [1.807, 2.05) is 31.2 Å². The number of aromatic nitrogens is 1. The van der Waals surface area contributed by atoms with E-state index < -0.39 is 17.7 Å². The highest BCUT2D eigenvalue weighted by molar-refractivity contribution is 7.22. The smallest absolute Gasteiger partial charge is 0.301 e. The number of ether oxygens (including phenoxy) is 2. The van der Waals surface area contributed by atoms with Crippen molar-refractivity contribution in [1.29, 1.82) is 0 Å². The Morgan fingerprint density at radius 3 is 2.59 bits per heavy atom. The maximum absolute atomic E-state index is 13.5. The number of hydrogen-bond donors (Lipinski definition) is 1. The lowest BCUT2D eigenvalue weighted by Crippen LogP contribution is -2.29. The summed E-state index contributed by atoms with van der Waals surface area (Å²) >= 11 is 1.28. The average Bonchev–Trinajstić information content (AvgIpc) is 3.45. The number of amides is 1. The molecule has 1 aliphatic rings. The molecule has 1 atom stereocenters. The highest BCUT2D eigenvalue weighted by Gasteiger charge is 2.48. The first-order valence-electron chi connectivity index (χ1n) is 11.7. The first kappa shape index (κ1) is 24.3. The quantitative estimate of drug-likeness (QED) is 0.137. The molecule has 0 spiro atoms. The summed E-state index contributed by atoms with van der Waals surface area (Å²) in [6.45, 7) is 6.40. The Balaban J connectivity index is 1.68. The molecule has 1 N–H and O–H groups in total. The Morgan fingerprint density at radius 2 is 1.84 bits per heavy atom. The van der Waals surface area contributed by atoms with Gasteiger partial charge in [0, 0.05) is 5.56 Å². The van der Waals surface area contributed by atoms with Gasteiger partial charge >= 0.3 is 5.91 Å². The number of aliphatic hydroxyl groups excluding tert-OH is 1. The number of anilines is 1. The molecular weight excluding hydrogens is 488 g/mol. The van der Waals surface area contributed by atoms with Gasteiger partial charge in [-0.2, -0.15) is 0 Å². The van der Waals surface area contributed by atoms with E-state index in [1.54, 1.807) is 54.6 Å². The van der Waals surface area contributed by atoms with Crippen LogP contribution >= 0.6 is 11.3 Å². The Hall–Kier alpha value is -4.43. The number of Topliss-reactive ketones (excluding diaryl/α,β-unsaturated/α-hetero) is 1. The van der Waals surface area contributed by atoms with Gasteiger partial charge in [0.15, 0.2) is 5.13 Å². The van der Waals surface area contributed by atoms with Crippen molar-refractivity contribution in [3.05, 3.63) is 102 Å². The summed E-state index contributed by atoms with van der Waals surface area (Å²) in [4.78, 5) is 32.9. The van der Waals surface area contributed by atoms with E-state index in [-0.39, 0.29) is 11.3 Å². The van der Waals surface area contributed by atoms with Crippen molar-refractivity contribution in [3.8, 4) is 11.5 Å². The van der Waals surface area contributed by atoms with Crippen LogP contribution in [0.3, 0.4) is 0 Å². The zero-order valence-corrected chi connectivity index (χ0v) is 20.9. The van der Waals surface area contributed by atoms with E-state index in [2.05, 4.69) is 11.6 Å². The molecular formula is C29H24N2O5S. The number of thiazole rings is 1. The predicted octanol–water partition coefficient (Wildman–Crippen LogP) is 5.89. The van der Waals surface area contributed by atoms with Crippen LogP contribution in [0.4, 0.5) is 5.13 Å². The molecule has 0 bridgehead atoms. The lowest BCUT2D eigenvalue weighted by molar-refractivity contribution is -0.132. The lowest BCUT2D eigenvalue weighted by atomic mass is 9.95. The van der Waals surface area contributed by atoms with E-state index in [1.165, 1.54) is 16.2 Å². The van der Waals surface area contributed by atoms with E-state index in [4.69, 9.17) is 9.47 Å². The van der Waals surface area contributed by atoms with Crippen LogP contribution in [0.25, 0.3) is 16.0 Å². The van der Waals surface area contributed by atoms with Crippen LogP contribution in [0.15, 0.2) is 91.0 Å². The first-order chi connectivity index (χ1) is 18.0. The second-order valence-corrected chi connectivity index (χ2v) is 9.28. The first-order valence-corrected chi connectivity index (χ1v) is 12.6. The van der Waals surface area contributed by atoms with Gasteiger partial charge in [0.2, 0.25) is 0 Å². The molecule has 37 heavy (non-hydrogen) atoms. The topological polar surface area (TPSA) is 89.0 Å². The van der Waals surface area contributed by atoms with Gasteiger partial charge in [0.1, 0.15) is 23.9 Å². The predicted molar refractivity (Wildman–Crippen MR) is 144 cm³/mol. The van der Waals surface area contributed by atoms with Gasteiger partial charge in [-0.25, -0.2) is 4.98 Å². The summed E-state index contributed by atoms with van der Waals surface area (Å²) in [5.41, 5.74) is 1.71. The number of carbonyl (C=O) groups excluding carboxylic acids is 2. The number of benzene rings is 3. The van der Waals surface area contributed by atoms with Gasteiger partial charge < -0.3 is 14.6 Å². The summed E-state index contributed by atoms with van der Waals surface area (Å²) in [7, 11) is 0. The Bertz CT molecular complexity index is 1530. The van der Waals surface area contributed by atoms with Gasteiger partial charge in [0.05, 0.1) is 28.4 Å². The Kier molecular flexibility index (Phi) is 6.74. The lowest BCUT2D eigenvalue weighted by Gasteiger charge is -2.23. The highest BCUT2D eigenvalue weighted by Crippen LogP contribution is 2.45. The van der Waals surface area contributed by atoms with Gasteiger partial charge in [-0.1, -0.05) is 66.5 Å². The van der Waals surface area contributed by atoms with Crippen LogP contribution in [0, 0.1) is 0 Å². The molecule has 1 aliphatic heterocycles. The Labute approximate surface area is 217 Å². The highest BCUT2D eigenvalue weighted by atomic mass is 32.1. The summed E-state index contributed by atoms with van der Waals surface area (Å²) < 4.78 is 12.1. The molecule has 0 radical (unpaired) electrons. The molecule has 3 aromatic carbocycles. The molecule has 1 fully saturated rings. The summed E-state index contributed by atoms with van der Waals surface area (Å²) in [5.74, 6) is -0.543. The molecule has 1 amide bonds. The zero-order chi connectivity index (χ0) is 25.9. The van der Waals surface area contributed by atoms with Crippen molar-refractivity contribution >= 4 is 44.1 Å². The molecule has 1 unspecified atom stereocenters. The number of aliphatic hydroxyl groups is 1. The normalized spacial score (nSPS) is 16.8. The second kappa shape index (κ2) is 10.3. The van der Waals surface area contributed by atoms with Crippen molar-refractivity contribution in [2.45, 2.75) is 13.0 Å². The maximum atomic E-state index is 13.5. The average molecular weight is 513 g/mol. The van der Waals surface area contributed by atoms with Crippen molar-refractivity contribution < 1.29 is 24.2 Å². The molecule has 4 aromatic rings. The largest absolute Gasteiger partial charge is 0.507 e. The molecule has 1 saturated heterocycles. The summed E-state index contributed by atoms with van der Waals surface area (Å²) in [6.07, 6.45) is 1.63. The van der Waals surface area contributed by atoms with Crippen LogP contribution < -0.4 is 14.4 Å². The molecule has 186 valence electrons. The van der Waals surface area contributed by atoms with E-state index >= 15 is 0 Å². The zero-order valence-electron chi connectivity index (χ0n) is 20.1. The number of ketones is 1. The van der Waals surface area contributed by atoms with Gasteiger partial charge in [-0.15, -0.1) is 0 Å². The van der Waals surface area contributed by atoms with Crippen LogP contribution in [-0.2, 0) is 9.59 Å². The number of carbonyl (C=O) groups is 2. The third kappa shape index (κ3) is 4.59. The third-order valence-corrected chi connectivity index (χ3v) is 6.92. The van der Waals surface area contributed by atoms with E-state index in [9.17, 15) is 14.7 Å². The molecule has 7 nitrogen and oxygen atoms in total. The van der Waals surface area contributed by atoms with E-state index in [0.29, 0.717) is 46.5 Å². The van der Waals surface area contributed by atoms with Crippen molar-refractivity contribution in [2.24, 2.45) is 0 Å². The summed E-state index contributed by atoms with van der Waals surface area (Å²) in [5, 5.41) is 11.6. The number of hydrogen-bond acceptors (Lipinski definition) is 7. The molecule has 0 aliphatic carbocycles. The second-order valence-electron chi connectivity index (χ2n) is 8.27.